The van der Waals surface area contributed by atoms with Gasteiger partial charge in [-0.25, -0.2) is 9.79 Å². The van der Waals surface area contributed by atoms with Gasteiger partial charge >= 0.3 is 5.97 Å². The highest BCUT2D eigenvalue weighted by Gasteiger charge is 2.27. The van der Waals surface area contributed by atoms with Crippen LogP contribution in [0.15, 0.2) is 53.2 Å². The maximum Gasteiger partial charge on any atom is 0.363 e. The predicted octanol–water partition coefficient (Wildman–Crippen LogP) is 4.43. The first-order valence-electron chi connectivity index (χ1n) is 8.93. The van der Waals surface area contributed by atoms with Crippen LogP contribution in [-0.4, -0.2) is 22.9 Å². The summed E-state index contributed by atoms with van der Waals surface area (Å²) < 4.78 is 11.2. The van der Waals surface area contributed by atoms with Crippen LogP contribution < -0.4 is 4.74 Å². The lowest BCUT2D eigenvalue weighted by Crippen LogP contribution is -2.10. The highest BCUT2D eigenvalue weighted by atomic mass is 16.6. The minimum absolute atomic E-state index is 0.0293. The fourth-order valence-corrected chi connectivity index (χ4v) is 2.73. The largest absolute Gasteiger partial charge is 0.490 e. The van der Waals surface area contributed by atoms with Gasteiger partial charge in [-0.2, -0.15) is 0 Å². The summed E-state index contributed by atoms with van der Waals surface area (Å²) in [6.45, 7) is 5.59. The van der Waals surface area contributed by atoms with Crippen molar-refractivity contribution in [3.05, 3.63) is 75.0 Å². The molecule has 0 aromatic heterocycles. The van der Waals surface area contributed by atoms with E-state index in [2.05, 4.69) is 4.99 Å². The Balaban J connectivity index is 1.98. The van der Waals surface area contributed by atoms with Crippen molar-refractivity contribution in [2.75, 3.05) is 0 Å². The van der Waals surface area contributed by atoms with Crippen molar-refractivity contribution in [1.29, 1.82) is 0 Å². The number of carbonyl (C=O) groups excluding carboxylic acids is 1. The molecule has 1 aliphatic rings. The Hall–Kier alpha value is -3.48. The van der Waals surface area contributed by atoms with Crippen LogP contribution in [0.1, 0.15) is 37.0 Å². The van der Waals surface area contributed by atoms with E-state index in [-0.39, 0.29) is 23.4 Å². The molecule has 0 fully saturated rings. The number of nitrogens with zero attached hydrogens (tertiary/aromatic N) is 2. The molecule has 1 atom stereocenters. The molecule has 0 radical (unpaired) electrons. The first-order chi connectivity index (χ1) is 13.4. The Morgan fingerprint density at radius 2 is 2.00 bits per heavy atom. The normalized spacial score (nSPS) is 15.9. The van der Waals surface area contributed by atoms with Crippen molar-refractivity contribution in [1.82, 2.24) is 0 Å². The molecule has 0 saturated heterocycles. The monoisotopic (exact) mass is 380 g/mol. The average molecular weight is 380 g/mol. The Bertz CT molecular complexity index is 994. The second-order valence-corrected chi connectivity index (χ2v) is 6.42. The van der Waals surface area contributed by atoms with Gasteiger partial charge in [0, 0.05) is 22.8 Å². The molecule has 28 heavy (non-hydrogen) atoms. The van der Waals surface area contributed by atoms with Crippen molar-refractivity contribution >= 4 is 23.6 Å². The van der Waals surface area contributed by atoms with Crippen molar-refractivity contribution < 1.29 is 19.2 Å². The fraction of sp³-hybridized carbons (Fsp3) is 0.238. The third-order valence-electron chi connectivity index (χ3n) is 4.47. The highest BCUT2D eigenvalue weighted by Crippen LogP contribution is 2.28. The summed E-state index contributed by atoms with van der Waals surface area (Å²) in [7, 11) is 0. The van der Waals surface area contributed by atoms with E-state index in [0.29, 0.717) is 22.4 Å². The Morgan fingerprint density at radius 1 is 1.25 bits per heavy atom. The Kier molecular flexibility index (Phi) is 5.54. The summed E-state index contributed by atoms with van der Waals surface area (Å²) in [5, 5.41) is 11.1. The van der Waals surface area contributed by atoms with Crippen LogP contribution in [0, 0.1) is 17.0 Å². The van der Waals surface area contributed by atoms with E-state index in [1.807, 2.05) is 38.1 Å². The number of ether oxygens (including phenoxy) is 2. The first kappa shape index (κ1) is 19.3. The van der Waals surface area contributed by atoms with Crippen LogP contribution in [0.2, 0.25) is 0 Å². The van der Waals surface area contributed by atoms with Gasteiger partial charge in [0.25, 0.3) is 5.69 Å². The van der Waals surface area contributed by atoms with Crippen LogP contribution in [0.3, 0.4) is 0 Å². The second-order valence-electron chi connectivity index (χ2n) is 6.42. The maximum atomic E-state index is 12.3. The molecule has 1 aliphatic heterocycles. The molecule has 7 nitrogen and oxygen atoms in total. The number of para-hydroxylation sites is 1. The van der Waals surface area contributed by atoms with Crippen LogP contribution in [0.4, 0.5) is 5.69 Å². The number of carbonyl (C=O) groups is 1. The number of nitro benzene ring substituents is 1. The molecular weight excluding hydrogens is 360 g/mol. The molecule has 0 amide bonds. The molecule has 1 heterocycles. The van der Waals surface area contributed by atoms with E-state index in [0.717, 1.165) is 6.42 Å². The van der Waals surface area contributed by atoms with Gasteiger partial charge in [-0.15, -0.1) is 0 Å². The first-order valence-corrected chi connectivity index (χ1v) is 8.93. The zero-order valence-electron chi connectivity index (χ0n) is 15.8. The lowest BCUT2D eigenvalue weighted by molar-refractivity contribution is -0.385. The molecule has 3 rings (SSSR count). The zero-order chi connectivity index (χ0) is 20.3. The molecular formula is C21H20N2O5. The van der Waals surface area contributed by atoms with Gasteiger partial charge in [0.2, 0.25) is 5.90 Å². The van der Waals surface area contributed by atoms with Gasteiger partial charge in [0.05, 0.1) is 11.0 Å². The Labute approximate surface area is 162 Å². The minimum Gasteiger partial charge on any atom is -0.490 e. The smallest absolute Gasteiger partial charge is 0.363 e. The topological polar surface area (TPSA) is 91.0 Å². The molecule has 0 bridgehead atoms. The minimum atomic E-state index is -0.612. The number of esters is 1. The molecule has 7 heteroatoms. The molecule has 0 aliphatic carbocycles. The van der Waals surface area contributed by atoms with Gasteiger partial charge in [-0.3, -0.25) is 10.1 Å². The molecule has 1 unspecified atom stereocenters. The molecule has 0 N–H and O–H groups in total. The van der Waals surface area contributed by atoms with Gasteiger partial charge < -0.3 is 9.47 Å². The number of hydrogen-bond acceptors (Lipinski definition) is 6. The number of hydrogen-bond donors (Lipinski definition) is 0. The number of rotatable bonds is 6. The van der Waals surface area contributed by atoms with Crippen molar-refractivity contribution in [3.8, 4) is 5.75 Å². The third kappa shape index (κ3) is 3.93. The van der Waals surface area contributed by atoms with E-state index in [1.165, 1.54) is 12.1 Å². The summed E-state index contributed by atoms with van der Waals surface area (Å²) in [6.07, 6.45) is 2.47. The second kappa shape index (κ2) is 8.04. The highest BCUT2D eigenvalue weighted by molar-refractivity contribution is 6.13. The molecule has 0 spiro atoms. The lowest BCUT2D eigenvalue weighted by atomic mass is 10.1. The van der Waals surface area contributed by atoms with Gasteiger partial charge in [0.15, 0.2) is 5.70 Å². The van der Waals surface area contributed by atoms with Gasteiger partial charge in [-0.05, 0) is 38.5 Å². The molecule has 2 aromatic carbocycles. The number of aliphatic imine (C=N–C) groups is 1. The third-order valence-corrected chi connectivity index (χ3v) is 4.47. The number of nitro groups is 1. The molecule has 0 saturated carbocycles. The summed E-state index contributed by atoms with van der Waals surface area (Å²) >= 11 is 0. The quantitative estimate of drug-likeness (QED) is 0.320. The number of cyclic esters (lactones) is 1. The number of benzene rings is 2. The maximum absolute atomic E-state index is 12.3. The van der Waals surface area contributed by atoms with Crippen LogP contribution >= 0.6 is 0 Å². The van der Waals surface area contributed by atoms with Crippen molar-refractivity contribution in [2.24, 2.45) is 4.99 Å². The van der Waals surface area contributed by atoms with Crippen LogP contribution in [0.25, 0.3) is 6.08 Å². The van der Waals surface area contributed by atoms with E-state index >= 15 is 0 Å². The predicted molar refractivity (Wildman–Crippen MR) is 105 cm³/mol. The van der Waals surface area contributed by atoms with Crippen molar-refractivity contribution in [3.63, 3.8) is 0 Å². The standard InChI is InChI=1S/C21H20N2O5/c1-4-13(2)27-19-11-6-5-8-15(19)12-17-21(24)28-20(22-17)16-9-7-10-18(14(16)3)23(25)26/h5-13H,4H2,1-3H3/b17-12-. The Morgan fingerprint density at radius 3 is 2.71 bits per heavy atom. The van der Waals surface area contributed by atoms with E-state index in [4.69, 9.17) is 9.47 Å². The molecule has 144 valence electrons. The summed E-state index contributed by atoms with van der Waals surface area (Å²) in [5.74, 6) is 0.0874. The van der Waals surface area contributed by atoms with E-state index < -0.39 is 10.9 Å². The van der Waals surface area contributed by atoms with E-state index in [9.17, 15) is 14.9 Å². The lowest BCUT2D eigenvalue weighted by Gasteiger charge is -2.14. The summed E-state index contributed by atoms with van der Waals surface area (Å²) in [6, 6.07) is 11.9. The fourth-order valence-electron chi connectivity index (χ4n) is 2.73. The molecule has 2 aromatic rings. The van der Waals surface area contributed by atoms with Crippen LogP contribution in [0.5, 0.6) is 5.75 Å². The van der Waals surface area contributed by atoms with E-state index in [1.54, 1.807) is 19.1 Å². The van der Waals surface area contributed by atoms with Crippen LogP contribution in [-0.2, 0) is 9.53 Å². The van der Waals surface area contributed by atoms with Gasteiger partial charge in [-0.1, -0.05) is 31.2 Å². The van der Waals surface area contributed by atoms with Crippen molar-refractivity contribution in [2.45, 2.75) is 33.3 Å². The summed E-state index contributed by atoms with van der Waals surface area (Å²) in [4.78, 5) is 27.2. The average Bonchev–Trinajstić information content (AvgIpc) is 3.03. The summed E-state index contributed by atoms with van der Waals surface area (Å²) in [5.41, 5.74) is 1.56. The SMILES string of the molecule is CCC(C)Oc1ccccc1/C=C1\N=C(c2cccc([N+](=O)[O-])c2C)OC1=O. The van der Waals surface area contributed by atoms with Gasteiger partial charge in [0.1, 0.15) is 5.75 Å². The zero-order valence-corrected chi connectivity index (χ0v) is 15.8.